The van der Waals surface area contributed by atoms with Crippen LogP contribution in [0.5, 0.6) is 0 Å². The predicted molar refractivity (Wildman–Crippen MR) is 200 cm³/mol. The number of imide groups is 1. The summed E-state index contributed by atoms with van der Waals surface area (Å²) >= 11 is 0. The van der Waals surface area contributed by atoms with Crippen molar-refractivity contribution in [2.24, 2.45) is 0 Å². The molecule has 238 valence electrons. The summed E-state index contributed by atoms with van der Waals surface area (Å²) in [6.07, 6.45) is 7.35. The van der Waals surface area contributed by atoms with Crippen LogP contribution in [0.3, 0.4) is 0 Å². The van der Waals surface area contributed by atoms with E-state index in [1.54, 1.807) is 6.07 Å². The highest BCUT2D eigenvalue weighted by atomic mass is 16.2. The molecule has 0 saturated carbocycles. The van der Waals surface area contributed by atoms with E-state index >= 15 is 0 Å². The van der Waals surface area contributed by atoms with Crippen molar-refractivity contribution in [2.75, 3.05) is 4.90 Å². The Balaban J connectivity index is 1.31. The molecule has 6 heteroatoms. The number of benzene rings is 5. The first-order valence-electron chi connectivity index (χ1n) is 16.6. The van der Waals surface area contributed by atoms with Crippen molar-refractivity contribution in [1.29, 1.82) is 0 Å². The Labute approximate surface area is 288 Å². The zero-order chi connectivity index (χ0) is 33.9. The first-order valence-corrected chi connectivity index (χ1v) is 16.6. The highest BCUT2D eigenvalue weighted by Crippen LogP contribution is 2.42. The van der Waals surface area contributed by atoms with Gasteiger partial charge in [0.1, 0.15) is 0 Å². The van der Waals surface area contributed by atoms with Crippen molar-refractivity contribution < 1.29 is 9.59 Å². The lowest BCUT2D eigenvalue weighted by Gasteiger charge is -2.19. The number of anilines is 1. The van der Waals surface area contributed by atoms with Gasteiger partial charge in [0.15, 0.2) is 0 Å². The molecule has 5 aromatic carbocycles. The van der Waals surface area contributed by atoms with Gasteiger partial charge in [0.05, 0.1) is 33.5 Å². The molecule has 0 saturated heterocycles. The van der Waals surface area contributed by atoms with E-state index in [2.05, 4.69) is 64.8 Å². The van der Waals surface area contributed by atoms with Crippen LogP contribution in [0, 0.1) is 13.8 Å². The van der Waals surface area contributed by atoms with Crippen molar-refractivity contribution in [2.45, 2.75) is 13.8 Å². The van der Waals surface area contributed by atoms with Crippen LogP contribution in [0.4, 0.5) is 5.69 Å². The summed E-state index contributed by atoms with van der Waals surface area (Å²) < 4.78 is 2.15. The van der Waals surface area contributed by atoms with Crippen molar-refractivity contribution in [1.82, 2.24) is 14.5 Å². The third-order valence-corrected chi connectivity index (χ3v) is 9.79. The molecule has 0 atom stereocenters. The van der Waals surface area contributed by atoms with E-state index in [1.807, 2.05) is 104 Å². The lowest BCUT2D eigenvalue weighted by molar-refractivity contribution is 0.0926. The maximum Gasteiger partial charge on any atom is 0.268 e. The lowest BCUT2D eigenvalue weighted by atomic mass is 9.99. The molecule has 8 aromatic rings. The number of pyridine rings is 2. The summed E-state index contributed by atoms with van der Waals surface area (Å²) in [6.45, 7) is 4.11. The fraction of sp³-hybridized carbons (Fsp3) is 0.0455. The Morgan fingerprint density at radius 2 is 1.04 bits per heavy atom. The third kappa shape index (κ3) is 4.49. The van der Waals surface area contributed by atoms with Gasteiger partial charge in [-0.25, -0.2) is 4.90 Å². The molecule has 0 N–H and O–H groups in total. The third-order valence-electron chi connectivity index (χ3n) is 9.79. The fourth-order valence-electron chi connectivity index (χ4n) is 7.41. The number of carbonyl (C=O) groups is 2. The van der Waals surface area contributed by atoms with Gasteiger partial charge in [-0.2, -0.15) is 0 Å². The molecule has 2 amide bonds. The normalized spacial score (nSPS) is 12.6. The molecule has 0 fully saturated rings. The zero-order valence-electron chi connectivity index (χ0n) is 27.5. The summed E-state index contributed by atoms with van der Waals surface area (Å²) in [7, 11) is 0. The van der Waals surface area contributed by atoms with Crippen molar-refractivity contribution in [3.05, 3.63) is 168 Å². The summed E-state index contributed by atoms with van der Waals surface area (Å²) in [5, 5.41) is 2.10. The van der Waals surface area contributed by atoms with E-state index in [1.165, 1.54) is 4.90 Å². The molecule has 9 rings (SSSR count). The Morgan fingerprint density at radius 1 is 0.480 bits per heavy atom. The summed E-state index contributed by atoms with van der Waals surface area (Å²) in [4.78, 5) is 38.9. The van der Waals surface area contributed by atoms with E-state index < -0.39 is 0 Å². The van der Waals surface area contributed by atoms with Crippen LogP contribution < -0.4 is 4.90 Å². The molecule has 1 aliphatic rings. The molecule has 0 radical (unpaired) electrons. The van der Waals surface area contributed by atoms with Gasteiger partial charge in [-0.05, 0) is 95.3 Å². The van der Waals surface area contributed by atoms with Gasteiger partial charge in [0.25, 0.3) is 11.8 Å². The van der Waals surface area contributed by atoms with Gasteiger partial charge < -0.3 is 4.57 Å². The highest BCUT2D eigenvalue weighted by Gasteiger charge is 2.40. The van der Waals surface area contributed by atoms with Crippen molar-refractivity contribution >= 4 is 39.3 Å². The Morgan fingerprint density at radius 3 is 1.66 bits per heavy atom. The van der Waals surface area contributed by atoms with Crippen LogP contribution in [-0.4, -0.2) is 26.3 Å². The van der Waals surface area contributed by atoms with Gasteiger partial charge in [-0.3, -0.25) is 19.6 Å². The first kappa shape index (κ1) is 29.5. The number of hydrogen-bond acceptors (Lipinski definition) is 4. The Bertz CT molecular complexity index is 2570. The molecule has 0 spiro atoms. The van der Waals surface area contributed by atoms with Gasteiger partial charge in [0.2, 0.25) is 0 Å². The smallest absolute Gasteiger partial charge is 0.268 e. The second-order valence-corrected chi connectivity index (χ2v) is 12.7. The maximum absolute atomic E-state index is 14.7. The van der Waals surface area contributed by atoms with Gasteiger partial charge in [0, 0.05) is 41.1 Å². The number of rotatable bonds is 5. The molecule has 4 heterocycles. The monoisotopic (exact) mass is 646 g/mol. The second-order valence-electron chi connectivity index (χ2n) is 12.7. The average molecular weight is 647 g/mol. The number of fused-ring (bicyclic) bond motifs is 4. The second kappa shape index (κ2) is 11.5. The number of carbonyl (C=O) groups excluding carboxylic acids is 2. The van der Waals surface area contributed by atoms with E-state index in [0.717, 1.165) is 66.3 Å². The van der Waals surface area contributed by atoms with E-state index in [0.29, 0.717) is 22.5 Å². The Kier molecular flexibility index (Phi) is 6.78. The van der Waals surface area contributed by atoms with Crippen LogP contribution >= 0.6 is 0 Å². The largest absolute Gasteiger partial charge is 0.308 e. The van der Waals surface area contributed by atoms with Gasteiger partial charge in [-0.15, -0.1) is 0 Å². The zero-order valence-corrected chi connectivity index (χ0v) is 27.5. The van der Waals surface area contributed by atoms with E-state index in [-0.39, 0.29) is 11.8 Å². The first-order chi connectivity index (χ1) is 24.5. The maximum atomic E-state index is 14.7. The molecule has 1 aliphatic heterocycles. The predicted octanol–water partition coefficient (Wildman–Crippen LogP) is 9.99. The van der Waals surface area contributed by atoms with Gasteiger partial charge >= 0.3 is 0 Å². The summed E-state index contributed by atoms with van der Waals surface area (Å²) in [6, 6.07) is 40.0. The molecular weight excluding hydrogens is 617 g/mol. The molecule has 0 bridgehead atoms. The highest BCUT2D eigenvalue weighted by molar-refractivity contribution is 6.36. The van der Waals surface area contributed by atoms with E-state index in [4.69, 9.17) is 0 Å². The standard InChI is InChI=1S/C44H30N4O2/c1-27-25-45-21-19-32(27)30-15-17-35-36-18-16-31(33-20-22-46-26-28(33)2)24-41(36)47(40(35)23-30)39-14-8-12-37-42(39)44(50)48(43(37)49)38-13-7-6-11-34(38)29-9-4-3-5-10-29/h3-26H,1-2H3. The average Bonchev–Trinajstić information content (AvgIpc) is 3.61. The van der Waals surface area contributed by atoms with E-state index in [9.17, 15) is 9.59 Å². The SMILES string of the molecule is Cc1cnccc1-c1ccc2c3ccc(-c4ccncc4C)cc3n(-c3cccc4c3C(=O)N(c3ccccc3-c3ccccc3)C4=O)c2c1. The van der Waals surface area contributed by atoms with Crippen molar-refractivity contribution in [3.8, 4) is 39.1 Å². The van der Waals surface area contributed by atoms with Crippen LogP contribution in [0.25, 0.3) is 60.9 Å². The molecule has 50 heavy (non-hydrogen) atoms. The minimum absolute atomic E-state index is 0.336. The van der Waals surface area contributed by atoms with Crippen LogP contribution in [0.2, 0.25) is 0 Å². The molecular formula is C44H30N4O2. The molecule has 0 aliphatic carbocycles. The van der Waals surface area contributed by atoms with Crippen LogP contribution in [0.15, 0.2) is 146 Å². The van der Waals surface area contributed by atoms with Crippen molar-refractivity contribution in [3.63, 3.8) is 0 Å². The minimum Gasteiger partial charge on any atom is -0.308 e. The van der Waals surface area contributed by atoms with Gasteiger partial charge in [-0.1, -0.05) is 78.9 Å². The number of hydrogen-bond donors (Lipinski definition) is 0. The summed E-state index contributed by atoms with van der Waals surface area (Å²) in [5.74, 6) is -0.682. The van der Waals surface area contributed by atoms with Crippen LogP contribution in [-0.2, 0) is 0 Å². The molecule has 6 nitrogen and oxygen atoms in total. The van der Waals surface area contributed by atoms with Crippen LogP contribution in [0.1, 0.15) is 31.8 Å². The fourth-order valence-corrected chi connectivity index (χ4v) is 7.41. The lowest BCUT2D eigenvalue weighted by Crippen LogP contribution is -2.30. The Hall–Kier alpha value is -6.66. The number of amides is 2. The molecule has 3 aromatic heterocycles. The summed E-state index contributed by atoms with van der Waals surface area (Å²) in [5.41, 5.74) is 12.0. The number of nitrogens with zero attached hydrogens (tertiary/aromatic N) is 4. The quantitative estimate of drug-likeness (QED) is 0.175. The minimum atomic E-state index is -0.346. The molecule has 0 unspecified atom stereocenters. The topological polar surface area (TPSA) is 68.1 Å². The number of para-hydroxylation sites is 1. The number of aryl methyl sites for hydroxylation is 2. The number of aromatic nitrogens is 3.